The summed E-state index contributed by atoms with van der Waals surface area (Å²) in [6, 6.07) is 21.9. The molecule has 13 heteroatoms. The second kappa shape index (κ2) is 20.2. The van der Waals surface area contributed by atoms with Gasteiger partial charge in [-0.25, -0.2) is 9.59 Å². The van der Waals surface area contributed by atoms with E-state index in [9.17, 15) is 14.4 Å². The number of furan rings is 1. The molecule has 3 unspecified atom stereocenters. The Balaban J connectivity index is 1.27. The van der Waals surface area contributed by atoms with Crippen LogP contribution in [0, 0.1) is 0 Å². The van der Waals surface area contributed by atoms with Crippen LogP contribution in [0.15, 0.2) is 95.2 Å². The lowest BCUT2D eigenvalue weighted by atomic mass is 9.95. The number of hydrogen-bond acceptors (Lipinski definition) is 9. The predicted molar refractivity (Wildman–Crippen MR) is 195 cm³/mol. The number of ether oxygens (including phenoxy) is 2. The largest absolute Gasteiger partial charge is 0.467 e. The molecule has 1 aliphatic heterocycles. The fourth-order valence-electron chi connectivity index (χ4n) is 5.98. The Morgan fingerprint density at radius 1 is 0.882 bits per heavy atom. The monoisotopic (exact) mass is 716 g/mol. The molecule has 4 aromatic rings. The second-order valence-corrected chi connectivity index (χ2v) is 13.7. The molecule has 51 heavy (non-hydrogen) atoms. The first kappa shape index (κ1) is 37.5. The SMILES string of the molecule is CN(Cc1ccco1)C(=O)NC(CCN1CCOCC1)C(=O)NC(CCC(Cc1ccccc1)NC(=O)OCc1cncs1)Cc1ccccc1. The Hall–Kier alpha value is -4.72. The number of hydrogen-bond donors (Lipinski definition) is 3. The highest BCUT2D eigenvalue weighted by atomic mass is 32.1. The highest BCUT2D eigenvalue weighted by Gasteiger charge is 2.27. The number of carbonyl (C=O) groups is 3. The van der Waals surface area contributed by atoms with Gasteiger partial charge in [-0.15, -0.1) is 11.3 Å². The smallest absolute Gasteiger partial charge is 0.407 e. The Kier molecular flexibility index (Phi) is 14.9. The summed E-state index contributed by atoms with van der Waals surface area (Å²) in [6.45, 7) is 3.90. The molecule has 5 rings (SSSR count). The number of aromatic nitrogens is 1. The van der Waals surface area contributed by atoms with Crippen LogP contribution >= 0.6 is 11.3 Å². The molecule has 3 N–H and O–H groups in total. The van der Waals surface area contributed by atoms with Crippen molar-refractivity contribution in [2.75, 3.05) is 39.9 Å². The molecular weight excluding hydrogens is 669 g/mol. The summed E-state index contributed by atoms with van der Waals surface area (Å²) >= 11 is 1.43. The molecule has 2 aromatic carbocycles. The Labute approximate surface area is 303 Å². The van der Waals surface area contributed by atoms with Crippen LogP contribution in [0.4, 0.5) is 9.59 Å². The van der Waals surface area contributed by atoms with Crippen LogP contribution in [-0.4, -0.2) is 90.8 Å². The fourth-order valence-corrected chi connectivity index (χ4v) is 6.49. The third kappa shape index (κ3) is 13.2. The van der Waals surface area contributed by atoms with E-state index in [0.29, 0.717) is 57.6 Å². The van der Waals surface area contributed by atoms with E-state index in [1.54, 1.807) is 37.2 Å². The molecule has 3 heterocycles. The molecule has 1 aliphatic rings. The standard InChI is InChI=1S/C38H48N6O6S/c1-43(26-33-13-8-20-49-33)37(46)42-35(16-17-44-18-21-48-22-19-44)36(45)40-31(23-29-9-4-2-5-10-29)14-15-32(24-30-11-6-3-7-12-30)41-38(47)50-27-34-25-39-28-51-34/h2-13,20,25,28,31-32,35H,14-19,21-24,26-27H2,1H3,(H,40,45)(H,41,47)(H,42,46). The van der Waals surface area contributed by atoms with Crippen molar-refractivity contribution < 1.29 is 28.3 Å². The first-order valence-corrected chi connectivity index (χ1v) is 18.3. The number of benzene rings is 2. The number of thiazole rings is 1. The van der Waals surface area contributed by atoms with Crippen LogP contribution < -0.4 is 16.0 Å². The summed E-state index contributed by atoms with van der Waals surface area (Å²) in [5.41, 5.74) is 3.86. The molecule has 0 spiro atoms. The number of amides is 4. The Morgan fingerprint density at radius 3 is 2.16 bits per heavy atom. The summed E-state index contributed by atoms with van der Waals surface area (Å²) in [4.78, 5) is 49.0. The van der Waals surface area contributed by atoms with E-state index in [0.717, 1.165) is 29.1 Å². The maximum atomic E-state index is 14.1. The summed E-state index contributed by atoms with van der Waals surface area (Å²) in [6.07, 6.45) is 5.54. The minimum atomic E-state index is -0.766. The van der Waals surface area contributed by atoms with Crippen LogP contribution in [0.1, 0.15) is 41.0 Å². The first-order chi connectivity index (χ1) is 24.9. The van der Waals surface area contributed by atoms with Gasteiger partial charge < -0.3 is 34.7 Å². The molecule has 2 aromatic heterocycles. The number of rotatable bonds is 18. The molecule has 0 aliphatic carbocycles. The van der Waals surface area contributed by atoms with E-state index in [-0.39, 0.29) is 37.2 Å². The molecule has 1 saturated heterocycles. The van der Waals surface area contributed by atoms with Crippen LogP contribution in [0.3, 0.4) is 0 Å². The minimum Gasteiger partial charge on any atom is -0.467 e. The summed E-state index contributed by atoms with van der Waals surface area (Å²) < 4.78 is 16.4. The van der Waals surface area contributed by atoms with E-state index in [2.05, 4.69) is 25.8 Å². The average Bonchev–Trinajstić information content (AvgIpc) is 3.87. The van der Waals surface area contributed by atoms with Gasteiger partial charge in [0.25, 0.3) is 0 Å². The van der Waals surface area contributed by atoms with Crippen molar-refractivity contribution in [1.29, 1.82) is 0 Å². The van der Waals surface area contributed by atoms with E-state index in [1.165, 1.54) is 16.2 Å². The van der Waals surface area contributed by atoms with Gasteiger partial charge in [0.1, 0.15) is 18.4 Å². The van der Waals surface area contributed by atoms with Crippen molar-refractivity contribution in [3.63, 3.8) is 0 Å². The predicted octanol–water partition coefficient (Wildman–Crippen LogP) is 5.01. The van der Waals surface area contributed by atoms with E-state index in [1.807, 2.05) is 60.7 Å². The normalized spacial score (nSPS) is 14.9. The zero-order valence-electron chi connectivity index (χ0n) is 29.1. The second-order valence-electron chi connectivity index (χ2n) is 12.7. The molecule has 4 amide bonds. The Morgan fingerprint density at radius 2 is 1.55 bits per heavy atom. The first-order valence-electron chi connectivity index (χ1n) is 17.4. The number of urea groups is 1. The maximum Gasteiger partial charge on any atom is 0.407 e. The van der Waals surface area contributed by atoms with Gasteiger partial charge in [0, 0.05) is 45.0 Å². The molecule has 1 fully saturated rings. The summed E-state index contributed by atoms with van der Waals surface area (Å²) in [5, 5.41) is 9.32. The molecular formula is C38H48N6O6S. The summed E-state index contributed by atoms with van der Waals surface area (Å²) in [7, 11) is 1.68. The number of carbonyl (C=O) groups excluding carboxylic acids is 3. The van der Waals surface area contributed by atoms with Crippen molar-refractivity contribution in [2.24, 2.45) is 0 Å². The lowest BCUT2D eigenvalue weighted by Gasteiger charge is -2.30. The lowest BCUT2D eigenvalue weighted by Crippen LogP contribution is -2.54. The van der Waals surface area contributed by atoms with E-state index < -0.39 is 12.1 Å². The van der Waals surface area contributed by atoms with Crippen molar-refractivity contribution >= 4 is 29.4 Å². The van der Waals surface area contributed by atoms with Gasteiger partial charge >= 0.3 is 12.1 Å². The molecule has 12 nitrogen and oxygen atoms in total. The van der Waals surface area contributed by atoms with Gasteiger partial charge in [-0.2, -0.15) is 0 Å². The fraction of sp³-hybridized carbons (Fsp3) is 0.421. The molecule has 3 atom stereocenters. The van der Waals surface area contributed by atoms with Gasteiger partial charge in [0.05, 0.1) is 36.4 Å². The van der Waals surface area contributed by atoms with Gasteiger partial charge in [-0.3, -0.25) is 14.7 Å². The molecule has 0 radical (unpaired) electrons. The number of morpholine rings is 1. The number of alkyl carbamates (subject to hydrolysis) is 1. The van der Waals surface area contributed by atoms with Crippen LogP contribution in [0.25, 0.3) is 0 Å². The van der Waals surface area contributed by atoms with Crippen molar-refractivity contribution in [3.05, 3.63) is 113 Å². The molecule has 0 bridgehead atoms. The van der Waals surface area contributed by atoms with Gasteiger partial charge in [-0.05, 0) is 55.4 Å². The summed E-state index contributed by atoms with van der Waals surface area (Å²) in [5.74, 6) is 0.399. The third-order valence-corrected chi connectivity index (χ3v) is 9.54. The third-order valence-electron chi connectivity index (χ3n) is 8.78. The lowest BCUT2D eigenvalue weighted by molar-refractivity contribution is -0.124. The van der Waals surface area contributed by atoms with Crippen LogP contribution in [0.5, 0.6) is 0 Å². The average molecular weight is 717 g/mol. The number of nitrogens with one attached hydrogen (secondary N) is 3. The van der Waals surface area contributed by atoms with Gasteiger partial charge in [0.2, 0.25) is 5.91 Å². The minimum absolute atomic E-state index is 0.148. The topological polar surface area (TPSA) is 138 Å². The van der Waals surface area contributed by atoms with Crippen LogP contribution in [0.2, 0.25) is 0 Å². The number of nitrogens with zero attached hydrogens (tertiary/aromatic N) is 3. The van der Waals surface area contributed by atoms with Crippen molar-refractivity contribution in [2.45, 2.75) is 63.4 Å². The quantitative estimate of drug-likeness (QED) is 0.131. The van der Waals surface area contributed by atoms with Gasteiger partial charge in [-0.1, -0.05) is 60.7 Å². The van der Waals surface area contributed by atoms with Crippen molar-refractivity contribution in [3.8, 4) is 0 Å². The zero-order valence-corrected chi connectivity index (χ0v) is 29.9. The van der Waals surface area contributed by atoms with E-state index >= 15 is 0 Å². The zero-order chi connectivity index (χ0) is 35.7. The van der Waals surface area contributed by atoms with E-state index in [4.69, 9.17) is 13.9 Å². The highest BCUT2D eigenvalue weighted by molar-refractivity contribution is 7.09. The highest BCUT2D eigenvalue weighted by Crippen LogP contribution is 2.15. The maximum absolute atomic E-state index is 14.1. The molecule has 272 valence electrons. The Bertz CT molecular complexity index is 1590. The van der Waals surface area contributed by atoms with Gasteiger partial charge in [0.15, 0.2) is 0 Å². The van der Waals surface area contributed by atoms with Crippen molar-refractivity contribution in [1.82, 2.24) is 30.7 Å². The van der Waals surface area contributed by atoms with Crippen LogP contribution in [-0.2, 0) is 40.3 Å². The molecule has 0 saturated carbocycles.